The summed E-state index contributed by atoms with van der Waals surface area (Å²) in [5.74, 6) is 0.646. The Labute approximate surface area is 159 Å². The Kier molecular flexibility index (Phi) is 5.39. The van der Waals surface area contributed by atoms with Crippen LogP contribution in [-0.2, 0) is 16.0 Å². The third kappa shape index (κ3) is 4.40. The van der Waals surface area contributed by atoms with Gasteiger partial charge in [0.25, 0.3) is 5.91 Å². The van der Waals surface area contributed by atoms with Crippen molar-refractivity contribution < 1.29 is 19.1 Å². The third-order valence-corrected chi connectivity index (χ3v) is 5.44. The number of hydrogen-bond acceptors (Lipinski definition) is 4. The summed E-state index contributed by atoms with van der Waals surface area (Å²) in [6, 6.07) is 7.18. The first-order chi connectivity index (χ1) is 12.8. The van der Waals surface area contributed by atoms with Crippen molar-refractivity contribution >= 4 is 17.8 Å². The lowest BCUT2D eigenvalue weighted by Gasteiger charge is -2.22. The van der Waals surface area contributed by atoms with Gasteiger partial charge < -0.3 is 15.4 Å². The molecular formula is C20H27N3O4. The van der Waals surface area contributed by atoms with Gasteiger partial charge >= 0.3 is 6.03 Å². The predicted molar refractivity (Wildman–Crippen MR) is 100 cm³/mol. The first kappa shape index (κ1) is 19.2. The van der Waals surface area contributed by atoms with E-state index in [1.165, 1.54) is 0 Å². The van der Waals surface area contributed by atoms with Gasteiger partial charge in [-0.1, -0.05) is 12.1 Å². The minimum atomic E-state index is -1.00. The molecule has 0 radical (unpaired) electrons. The summed E-state index contributed by atoms with van der Waals surface area (Å²) in [6.07, 6.45) is 3.33. The van der Waals surface area contributed by atoms with Gasteiger partial charge in [-0.25, -0.2) is 4.79 Å². The molecule has 7 nitrogen and oxygen atoms in total. The first-order valence-electron chi connectivity index (χ1n) is 9.39. The van der Waals surface area contributed by atoms with Crippen LogP contribution in [-0.4, -0.2) is 48.0 Å². The lowest BCUT2D eigenvalue weighted by atomic mass is 9.93. The normalized spacial score (nSPS) is 23.1. The number of hydrogen-bond donors (Lipinski definition) is 2. The molecule has 0 spiro atoms. The van der Waals surface area contributed by atoms with Crippen LogP contribution >= 0.6 is 0 Å². The molecule has 7 heteroatoms. The lowest BCUT2D eigenvalue weighted by molar-refractivity contribution is -0.134. The van der Waals surface area contributed by atoms with E-state index in [2.05, 4.69) is 10.6 Å². The molecule has 2 aliphatic rings. The molecule has 2 fully saturated rings. The molecule has 4 amide bonds. The third-order valence-electron chi connectivity index (χ3n) is 5.44. The Morgan fingerprint density at radius 1 is 1.33 bits per heavy atom. The molecule has 1 aliphatic heterocycles. The molecule has 1 heterocycles. The van der Waals surface area contributed by atoms with E-state index < -0.39 is 11.6 Å². The van der Waals surface area contributed by atoms with Crippen LogP contribution in [0.3, 0.4) is 0 Å². The standard InChI is InChI=1S/C20H27N3O4/c1-13(15-6-7-15)21-17(24)12-23-18(25)20(2,22-19(23)26)11-10-14-4-8-16(27-3)9-5-14/h4-5,8-9,13,15H,6-7,10-12H2,1-3H3,(H,21,24)(H,22,26)/t13-,20+/m0/s1. The zero-order valence-electron chi connectivity index (χ0n) is 16.1. The number of carbonyl (C=O) groups is 3. The average molecular weight is 373 g/mol. The van der Waals surface area contributed by atoms with Crippen LogP contribution in [0.1, 0.15) is 38.7 Å². The van der Waals surface area contributed by atoms with E-state index in [1.807, 2.05) is 31.2 Å². The van der Waals surface area contributed by atoms with Crippen LogP contribution < -0.4 is 15.4 Å². The number of imide groups is 1. The maximum atomic E-state index is 12.8. The van der Waals surface area contributed by atoms with Crippen LogP contribution in [0.4, 0.5) is 4.79 Å². The van der Waals surface area contributed by atoms with E-state index >= 15 is 0 Å². The monoisotopic (exact) mass is 373 g/mol. The number of nitrogens with zero attached hydrogens (tertiary/aromatic N) is 1. The number of carbonyl (C=O) groups excluding carboxylic acids is 3. The fourth-order valence-corrected chi connectivity index (χ4v) is 3.40. The smallest absolute Gasteiger partial charge is 0.325 e. The Hall–Kier alpha value is -2.57. The van der Waals surface area contributed by atoms with E-state index in [0.29, 0.717) is 18.8 Å². The van der Waals surface area contributed by atoms with Gasteiger partial charge in [0, 0.05) is 6.04 Å². The highest BCUT2D eigenvalue weighted by Gasteiger charge is 2.48. The van der Waals surface area contributed by atoms with Gasteiger partial charge in [0.15, 0.2) is 0 Å². The highest BCUT2D eigenvalue weighted by molar-refractivity contribution is 6.08. The Bertz CT molecular complexity index is 729. The summed E-state index contributed by atoms with van der Waals surface area (Å²) in [6.45, 7) is 3.43. The lowest BCUT2D eigenvalue weighted by Crippen LogP contribution is -2.46. The second-order valence-corrected chi connectivity index (χ2v) is 7.70. The van der Waals surface area contributed by atoms with Crippen LogP contribution in [0.15, 0.2) is 24.3 Å². The van der Waals surface area contributed by atoms with Gasteiger partial charge in [-0.3, -0.25) is 14.5 Å². The molecule has 1 saturated carbocycles. The van der Waals surface area contributed by atoms with Gasteiger partial charge in [-0.2, -0.15) is 0 Å². The Morgan fingerprint density at radius 2 is 2.00 bits per heavy atom. The van der Waals surface area contributed by atoms with Gasteiger partial charge in [-0.05, 0) is 63.1 Å². The number of benzene rings is 1. The molecule has 1 aromatic rings. The molecule has 2 atom stereocenters. The van der Waals surface area contributed by atoms with Crippen molar-refractivity contribution in [2.75, 3.05) is 13.7 Å². The van der Waals surface area contributed by atoms with E-state index in [-0.39, 0.29) is 24.4 Å². The topological polar surface area (TPSA) is 87.7 Å². The maximum absolute atomic E-state index is 12.8. The van der Waals surface area contributed by atoms with Crippen molar-refractivity contribution in [3.8, 4) is 5.75 Å². The molecule has 27 heavy (non-hydrogen) atoms. The van der Waals surface area contributed by atoms with E-state index in [1.54, 1.807) is 14.0 Å². The van der Waals surface area contributed by atoms with Crippen molar-refractivity contribution in [2.24, 2.45) is 5.92 Å². The largest absolute Gasteiger partial charge is 0.497 e. The number of rotatable bonds is 8. The van der Waals surface area contributed by atoms with E-state index in [9.17, 15) is 14.4 Å². The Morgan fingerprint density at radius 3 is 2.59 bits per heavy atom. The van der Waals surface area contributed by atoms with Gasteiger partial charge in [-0.15, -0.1) is 0 Å². The van der Waals surface area contributed by atoms with E-state index in [4.69, 9.17) is 4.74 Å². The molecule has 1 aliphatic carbocycles. The van der Waals surface area contributed by atoms with Gasteiger partial charge in [0.2, 0.25) is 5.91 Å². The predicted octanol–water partition coefficient (Wildman–Crippen LogP) is 1.85. The van der Waals surface area contributed by atoms with Crippen molar-refractivity contribution in [1.29, 1.82) is 0 Å². The summed E-state index contributed by atoms with van der Waals surface area (Å²) in [5, 5.41) is 5.63. The second kappa shape index (κ2) is 7.58. The number of methoxy groups -OCH3 is 1. The zero-order valence-corrected chi connectivity index (χ0v) is 16.1. The zero-order chi connectivity index (χ0) is 19.6. The molecule has 0 bridgehead atoms. The molecule has 146 valence electrons. The van der Waals surface area contributed by atoms with Crippen molar-refractivity contribution in [1.82, 2.24) is 15.5 Å². The number of ether oxygens (including phenoxy) is 1. The summed E-state index contributed by atoms with van der Waals surface area (Å²) in [4.78, 5) is 38.2. The number of urea groups is 1. The summed E-state index contributed by atoms with van der Waals surface area (Å²) < 4.78 is 5.14. The summed E-state index contributed by atoms with van der Waals surface area (Å²) >= 11 is 0. The summed E-state index contributed by atoms with van der Waals surface area (Å²) in [7, 11) is 1.61. The fourth-order valence-electron chi connectivity index (χ4n) is 3.40. The molecule has 0 aromatic heterocycles. The van der Waals surface area contributed by atoms with Crippen LogP contribution in [0, 0.1) is 5.92 Å². The highest BCUT2D eigenvalue weighted by atomic mass is 16.5. The van der Waals surface area contributed by atoms with Crippen LogP contribution in [0.25, 0.3) is 0 Å². The van der Waals surface area contributed by atoms with Crippen molar-refractivity contribution in [3.63, 3.8) is 0 Å². The van der Waals surface area contributed by atoms with Gasteiger partial charge in [0.05, 0.1) is 7.11 Å². The number of aryl methyl sites for hydroxylation is 1. The number of amides is 4. The molecule has 2 N–H and O–H groups in total. The van der Waals surface area contributed by atoms with E-state index in [0.717, 1.165) is 29.1 Å². The molecule has 1 aromatic carbocycles. The van der Waals surface area contributed by atoms with Crippen molar-refractivity contribution in [2.45, 2.75) is 51.1 Å². The number of nitrogens with one attached hydrogen (secondary N) is 2. The molecule has 1 saturated heterocycles. The fraction of sp³-hybridized carbons (Fsp3) is 0.550. The quantitative estimate of drug-likeness (QED) is 0.681. The second-order valence-electron chi connectivity index (χ2n) is 7.70. The minimum absolute atomic E-state index is 0.0831. The first-order valence-corrected chi connectivity index (χ1v) is 9.39. The Balaban J connectivity index is 1.56. The van der Waals surface area contributed by atoms with Crippen LogP contribution in [0.5, 0.6) is 5.75 Å². The maximum Gasteiger partial charge on any atom is 0.325 e. The average Bonchev–Trinajstić information content (AvgIpc) is 3.46. The van der Waals surface area contributed by atoms with Crippen molar-refractivity contribution in [3.05, 3.63) is 29.8 Å². The SMILES string of the molecule is COc1ccc(CC[C@@]2(C)NC(=O)N(CC(=O)N[C@@H](C)C3CC3)C2=O)cc1. The molecule has 3 rings (SSSR count). The highest BCUT2D eigenvalue weighted by Crippen LogP contribution is 2.32. The molecular weight excluding hydrogens is 346 g/mol. The molecule has 0 unspecified atom stereocenters. The van der Waals surface area contributed by atoms with Gasteiger partial charge in [0.1, 0.15) is 17.8 Å². The minimum Gasteiger partial charge on any atom is -0.497 e. The summed E-state index contributed by atoms with van der Waals surface area (Å²) in [5.41, 5.74) is 0.0490. The van der Waals surface area contributed by atoms with Crippen LogP contribution in [0.2, 0.25) is 0 Å².